The molecule has 2 rings (SSSR count). The summed E-state index contributed by atoms with van der Waals surface area (Å²) >= 11 is 3.39. The van der Waals surface area contributed by atoms with Crippen LogP contribution in [0, 0.1) is 5.82 Å². The Morgan fingerprint density at radius 1 is 1.05 bits per heavy atom. The van der Waals surface area contributed by atoms with Crippen LogP contribution >= 0.6 is 15.9 Å². The van der Waals surface area contributed by atoms with Gasteiger partial charge in [-0.1, -0.05) is 28.1 Å². The van der Waals surface area contributed by atoms with Crippen LogP contribution in [0.3, 0.4) is 0 Å². The molecule has 0 saturated carbocycles. The minimum Gasteiger partial charge on any atom is -0.492 e. The summed E-state index contributed by atoms with van der Waals surface area (Å²) in [5.41, 5.74) is 1.09. The predicted octanol–water partition coefficient (Wildman–Crippen LogP) is 4.10. The fraction of sp³-hybridized carbons (Fsp3) is 0.250. The Bertz CT molecular complexity index is 527. The Morgan fingerprint density at radius 3 is 2.35 bits per heavy atom. The van der Waals surface area contributed by atoms with Gasteiger partial charge in [0, 0.05) is 17.6 Å². The second-order valence-corrected chi connectivity index (χ2v) is 5.58. The highest BCUT2D eigenvalue weighted by Crippen LogP contribution is 2.16. The molecule has 0 radical (unpaired) electrons. The number of rotatable bonds is 6. The molecule has 0 spiro atoms. The molecule has 106 valence electrons. The summed E-state index contributed by atoms with van der Waals surface area (Å²) in [6.07, 6.45) is 0. The zero-order chi connectivity index (χ0) is 14.4. The Labute approximate surface area is 127 Å². The molecule has 0 heterocycles. The summed E-state index contributed by atoms with van der Waals surface area (Å²) in [5.74, 6) is 0.665. The van der Waals surface area contributed by atoms with Crippen LogP contribution in [0.5, 0.6) is 5.75 Å². The normalized spacial score (nSPS) is 10.8. The van der Waals surface area contributed by atoms with Gasteiger partial charge >= 0.3 is 0 Å². The Hall–Kier alpha value is -1.39. The number of hydrogen-bond acceptors (Lipinski definition) is 2. The number of nitrogens with zero attached hydrogens (tertiary/aromatic N) is 1. The summed E-state index contributed by atoms with van der Waals surface area (Å²) in [5, 5.41) is 0. The minimum atomic E-state index is -0.199. The van der Waals surface area contributed by atoms with E-state index >= 15 is 0 Å². The molecule has 0 aromatic heterocycles. The van der Waals surface area contributed by atoms with Crippen LogP contribution in [0.1, 0.15) is 5.56 Å². The van der Waals surface area contributed by atoms with Crippen LogP contribution in [0.4, 0.5) is 4.39 Å². The molecule has 0 amide bonds. The fourth-order valence-corrected chi connectivity index (χ4v) is 2.10. The van der Waals surface area contributed by atoms with Gasteiger partial charge in [-0.3, -0.25) is 4.90 Å². The predicted molar refractivity (Wildman–Crippen MR) is 82.4 cm³/mol. The third-order valence-electron chi connectivity index (χ3n) is 2.92. The van der Waals surface area contributed by atoms with Crippen molar-refractivity contribution in [1.82, 2.24) is 4.90 Å². The van der Waals surface area contributed by atoms with Crippen molar-refractivity contribution in [3.05, 3.63) is 64.4 Å². The highest BCUT2D eigenvalue weighted by atomic mass is 79.9. The molecule has 0 saturated heterocycles. The molecule has 0 aliphatic carbocycles. The lowest BCUT2D eigenvalue weighted by Gasteiger charge is -2.17. The molecule has 4 heteroatoms. The lowest BCUT2D eigenvalue weighted by Crippen LogP contribution is -2.23. The van der Waals surface area contributed by atoms with Gasteiger partial charge in [0.2, 0.25) is 0 Å². The average molecular weight is 338 g/mol. The van der Waals surface area contributed by atoms with Gasteiger partial charge in [0.25, 0.3) is 0 Å². The molecule has 0 fully saturated rings. The highest BCUT2D eigenvalue weighted by Gasteiger charge is 2.01. The SMILES string of the molecule is CN(CCOc1ccc(Br)cc1)Cc1ccc(F)cc1. The molecule has 0 atom stereocenters. The van der Waals surface area contributed by atoms with Crippen molar-refractivity contribution in [3.8, 4) is 5.75 Å². The molecule has 0 bridgehead atoms. The summed E-state index contributed by atoms with van der Waals surface area (Å²) < 4.78 is 19.5. The summed E-state index contributed by atoms with van der Waals surface area (Å²) in [6.45, 7) is 2.22. The van der Waals surface area contributed by atoms with Gasteiger partial charge in [-0.25, -0.2) is 4.39 Å². The first-order chi connectivity index (χ1) is 9.63. The lowest BCUT2D eigenvalue weighted by atomic mass is 10.2. The summed E-state index contributed by atoms with van der Waals surface area (Å²) in [6, 6.07) is 14.4. The third kappa shape index (κ3) is 4.94. The first kappa shape index (κ1) is 15.0. The van der Waals surface area contributed by atoms with Crippen LogP contribution in [-0.2, 0) is 6.54 Å². The van der Waals surface area contributed by atoms with Crippen molar-refractivity contribution in [3.63, 3.8) is 0 Å². The van der Waals surface area contributed by atoms with Gasteiger partial charge in [-0.15, -0.1) is 0 Å². The highest BCUT2D eigenvalue weighted by molar-refractivity contribution is 9.10. The first-order valence-corrected chi connectivity index (χ1v) is 7.24. The van der Waals surface area contributed by atoms with Crippen molar-refractivity contribution in [2.24, 2.45) is 0 Å². The summed E-state index contributed by atoms with van der Waals surface area (Å²) in [4.78, 5) is 2.14. The van der Waals surface area contributed by atoms with E-state index < -0.39 is 0 Å². The van der Waals surface area contributed by atoms with Gasteiger partial charge in [0.15, 0.2) is 0 Å². The van der Waals surface area contributed by atoms with Gasteiger partial charge in [-0.2, -0.15) is 0 Å². The maximum absolute atomic E-state index is 12.8. The van der Waals surface area contributed by atoms with E-state index in [-0.39, 0.29) is 5.82 Å². The van der Waals surface area contributed by atoms with Crippen LogP contribution < -0.4 is 4.74 Å². The molecule has 0 N–H and O–H groups in total. The maximum atomic E-state index is 12.8. The second-order valence-electron chi connectivity index (χ2n) is 4.67. The Morgan fingerprint density at radius 2 is 1.70 bits per heavy atom. The zero-order valence-electron chi connectivity index (χ0n) is 11.4. The van der Waals surface area contributed by atoms with Gasteiger partial charge in [0.05, 0.1) is 0 Å². The van der Waals surface area contributed by atoms with E-state index in [4.69, 9.17) is 4.74 Å². The zero-order valence-corrected chi connectivity index (χ0v) is 12.9. The van der Waals surface area contributed by atoms with Crippen LogP contribution in [0.15, 0.2) is 53.0 Å². The molecule has 0 unspecified atom stereocenters. The maximum Gasteiger partial charge on any atom is 0.123 e. The average Bonchev–Trinajstić information content (AvgIpc) is 2.44. The number of ether oxygens (including phenoxy) is 1. The van der Waals surface area contributed by atoms with E-state index in [1.54, 1.807) is 12.1 Å². The van der Waals surface area contributed by atoms with Crippen LogP contribution in [-0.4, -0.2) is 25.1 Å². The Kier molecular flexibility index (Phi) is 5.56. The molecule has 0 aliphatic heterocycles. The van der Waals surface area contributed by atoms with Crippen molar-refractivity contribution in [2.75, 3.05) is 20.2 Å². The molecule has 2 aromatic carbocycles. The van der Waals surface area contributed by atoms with Gasteiger partial charge in [0.1, 0.15) is 18.2 Å². The van der Waals surface area contributed by atoms with E-state index in [1.165, 1.54) is 12.1 Å². The van der Waals surface area contributed by atoms with Crippen molar-refractivity contribution in [2.45, 2.75) is 6.54 Å². The molecule has 2 nitrogen and oxygen atoms in total. The second kappa shape index (κ2) is 7.41. The number of benzene rings is 2. The number of halogens is 2. The largest absolute Gasteiger partial charge is 0.492 e. The van der Waals surface area contributed by atoms with Crippen molar-refractivity contribution in [1.29, 1.82) is 0 Å². The van der Waals surface area contributed by atoms with Crippen LogP contribution in [0.2, 0.25) is 0 Å². The van der Waals surface area contributed by atoms with Crippen LogP contribution in [0.25, 0.3) is 0 Å². The van der Waals surface area contributed by atoms with Gasteiger partial charge in [-0.05, 0) is 49.0 Å². The fourth-order valence-electron chi connectivity index (χ4n) is 1.83. The lowest BCUT2D eigenvalue weighted by molar-refractivity contribution is 0.233. The number of likely N-dealkylation sites (N-methyl/N-ethyl adjacent to an activating group) is 1. The third-order valence-corrected chi connectivity index (χ3v) is 3.45. The monoisotopic (exact) mass is 337 g/mol. The smallest absolute Gasteiger partial charge is 0.123 e. The molecule has 2 aromatic rings. The quantitative estimate of drug-likeness (QED) is 0.786. The van der Waals surface area contributed by atoms with E-state index in [0.29, 0.717) is 6.61 Å². The van der Waals surface area contributed by atoms with Crippen molar-refractivity contribution >= 4 is 15.9 Å². The molecule has 20 heavy (non-hydrogen) atoms. The molecule has 0 aliphatic rings. The first-order valence-electron chi connectivity index (χ1n) is 6.45. The number of hydrogen-bond donors (Lipinski definition) is 0. The molecular weight excluding hydrogens is 321 g/mol. The minimum absolute atomic E-state index is 0.199. The van der Waals surface area contributed by atoms with E-state index in [0.717, 1.165) is 28.9 Å². The van der Waals surface area contributed by atoms with Crippen molar-refractivity contribution < 1.29 is 9.13 Å². The van der Waals surface area contributed by atoms with Gasteiger partial charge < -0.3 is 4.74 Å². The standard InChI is InChI=1S/C16H17BrFNO/c1-19(12-13-2-6-15(18)7-3-13)10-11-20-16-8-4-14(17)5-9-16/h2-9H,10-12H2,1H3. The Balaban J connectivity index is 1.73. The van der Waals surface area contributed by atoms with E-state index in [2.05, 4.69) is 20.8 Å². The summed E-state index contributed by atoms with van der Waals surface area (Å²) in [7, 11) is 2.02. The van der Waals surface area contributed by atoms with E-state index in [1.807, 2.05) is 31.3 Å². The topological polar surface area (TPSA) is 12.5 Å². The van der Waals surface area contributed by atoms with E-state index in [9.17, 15) is 4.39 Å². The molecular formula is C16H17BrFNO.